The average Bonchev–Trinajstić information content (AvgIpc) is 2.99. The van der Waals surface area contributed by atoms with Gasteiger partial charge in [-0.2, -0.15) is 0 Å². The molecule has 3 aromatic rings. The van der Waals surface area contributed by atoms with Crippen molar-refractivity contribution in [2.45, 2.75) is 32.7 Å². The Morgan fingerprint density at radius 1 is 1.29 bits per heavy atom. The van der Waals surface area contributed by atoms with Gasteiger partial charge in [0.1, 0.15) is 5.82 Å². The van der Waals surface area contributed by atoms with Crippen LogP contribution in [0.15, 0.2) is 28.4 Å². The number of hydrogen-bond donors (Lipinski definition) is 1. The molecule has 1 aromatic carbocycles. The Kier molecular flexibility index (Phi) is 3.65. The van der Waals surface area contributed by atoms with Crippen LogP contribution in [0.3, 0.4) is 0 Å². The molecule has 6 nitrogen and oxygen atoms in total. The first-order valence-electron chi connectivity index (χ1n) is 7.89. The summed E-state index contributed by atoms with van der Waals surface area (Å²) in [5.41, 5.74) is 1.91. The van der Waals surface area contributed by atoms with Crippen molar-refractivity contribution in [3.05, 3.63) is 51.0 Å². The lowest BCUT2D eigenvalue weighted by atomic mass is 10.1. The van der Waals surface area contributed by atoms with E-state index in [4.69, 9.17) is 0 Å². The van der Waals surface area contributed by atoms with Gasteiger partial charge in [0, 0.05) is 23.9 Å². The quantitative estimate of drug-likeness (QED) is 0.778. The van der Waals surface area contributed by atoms with Crippen LogP contribution < -0.4 is 10.9 Å². The number of hydrogen-bond acceptors (Lipinski definition) is 5. The molecule has 0 saturated heterocycles. The minimum Gasteiger partial charge on any atom is -0.298 e. The summed E-state index contributed by atoms with van der Waals surface area (Å²) >= 11 is 1.39. The second-order valence-electron chi connectivity index (χ2n) is 5.92. The number of nitrogens with zero attached hydrogens (tertiary/aromatic N) is 3. The molecule has 0 unspecified atom stereocenters. The summed E-state index contributed by atoms with van der Waals surface area (Å²) in [6.07, 6.45) is 2.86. The average molecular weight is 340 g/mol. The molecule has 0 radical (unpaired) electrons. The summed E-state index contributed by atoms with van der Waals surface area (Å²) in [5.74, 6) is 0.567. The molecule has 0 bridgehead atoms. The lowest BCUT2D eigenvalue weighted by Crippen LogP contribution is -2.28. The van der Waals surface area contributed by atoms with Gasteiger partial charge in [-0.25, -0.2) is 9.97 Å². The number of aromatic nitrogens is 3. The molecule has 0 fully saturated rings. The molecule has 1 aliphatic heterocycles. The van der Waals surface area contributed by atoms with Crippen molar-refractivity contribution in [2.75, 3.05) is 5.32 Å². The highest BCUT2D eigenvalue weighted by molar-refractivity contribution is 7.13. The van der Waals surface area contributed by atoms with E-state index in [1.165, 1.54) is 11.3 Å². The fourth-order valence-corrected chi connectivity index (χ4v) is 3.65. The van der Waals surface area contributed by atoms with Gasteiger partial charge >= 0.3 is 0 Å². The maximum Gasteiger partial charge on any atom is 0.261 e. The van der Waals surface area contributed by atoms with Crippen LogP contribution in [-0.2, 0) is 13.0 Å². The Balaban J connectivity index is 1.72. The third-order valence-electron chi connectivity index (χ3n) is 4.17. The molecular weight excluding hydrogens is 324 g/mol. The van der Waals surface area contributed by atoms with Crippen LogP contribution >= 0.6 is 11.3 Å². The van der Waals surface area contributed by atoms with Gasteiger partial charge in [0.25, 0.3) is 11.5 Å². The number of nitrogens with one attached hydrogen (secondary N) is 1. The normalized spacial score (nSPS) is 13.7. The Bertz CT molecular complexity index is 1010. The van der Waals surface area contributed by atoms with E-state index in [-0.39, 0.29) is 11.5 Å². The summed E-state index contributed by atoms with van der Waals surface area (Å²) in [5, 5.41) is 5.78. The fourth-order valence-electron chi connectivity index (χ4n) is 2.96. The zero-order chi connectivity index (χ0) is 16.7. The smallest absolute Gasteiger partial charge is 0.261 e. The van der Waals surface area contributed by atoms with Crippen molar-refractivity contribution < 1.29 is 4.79 Å². The van der Waals surface area contributed by atoms with Gasteiger partial charge in [-0.15, -0.1) is 11.3 Å². The number of rotatable bonds is 2. The molecule has 2 aromatic heterocycles. The van der Waals surface area contributed by atoms with E-state index >= 15 is 0 Å². The Hall–Kier alpha value is -2.54. The second kappa shape index (κ2) is 5.83. The van der Waals surface area contributed by atoms with Gasteiger partial charge in [-0.3, -0.25) is 19.5 Å². The van der Waals surface area contributed by atoms with E-state index in [0.29, 0.717) is 21.6 Å². The number of anilines is 1. The number of thiazole rings is 1. The molecule has 4 rings (SSSR count). The van der Waals surface area contributed by atoms with Crippen molar-refractivity contribution in [1.82, 2.24) is 14.5 Å². The highest BCUT2D eigenvalue weighted by atomic mass is 32.1. The van der Waals surface area contributed by atoms with Crippen LogP contribution in [0.25, 0.3) is 10.9 Å². The van der Waals surface area contributed by atoms with Crippen LogP contribution in [0.1, 0.15) is 34.7 Å². The molecule has 1 N–H and O–H groups in total. The minimum absolute atomic E-state index is 0.0165. The predicted octanol–water partition coefficient (Wildman–Crippen LogP) is 2.75. The molecule has 0 spiro atoms. The van der Waals surface area contributed by atoms with Crippen LogP contribution in [0.4, 0.5) is 5.13 Å². The molecule has 0 aliphatic carbocycles. The molecule has 1 aliphatic rings. The monoisotopic (exact) mass is 340 g/mol. The molecule has 122 valence electrons. The van der Waals surface area contributed by atoms with Gasteiger partial charge in [0.15, 0.2) is 5.13 Å². The van der Waals surface area contributed by atoms with Crippen molar-refractivity contribution >= 4 is 33.3 Å². The molecule has 1 amide bonds. The summed E-state index contributed by atoms with van der Waals surface area (Å²) in [6, 6.07) is 5.04. The van der Waals surface area contributed by atoms with Crippen molar-refractivity contribution in [3.8, 4) is 0 Å². The van der Waals surface area contributed by atoms with Gasteiger partial charge < -0.3 is 0 Å². The zero-order valence-corrected chi connectivity index (χ0v) is 14.0. The third-order valence-corrected chi connectivity index (χ3v) is 5.04. The van der Waals surface area contributed by atoms with Gasteiger partial charge in [0.05, 0.1) is 16.6 Å². The molecule has 24 heavy (non-hydrogen) atoms. The molecule has 0 saturated carbocycles. The van der Waals surface area contributed by atoms with Gasteiger partial charge in [0.2, 0.25) is 0 Å². The predicted molar refractivity (Wildman–Crippen MR) is 93.7 cm³/mol. The number of benzene rings is 1. The van der Waals surface area contributed by atoms with E-state index in [0.717, 1.165) is 37.3 Å². The molecule has 7 heteroatoms. The fraction of sp³-hybridized carbons (Fsp3) is 0.294. The first kappa shape index (κ1) is 15.0. The van der Waals surface area contributed by atoms with E-state index in [9.17, 15) is 9.59 Å². The highest BCUT2D eigenvalue weighted by Gasteiger charge is 2.16. The highest BCUT2D eigenvalue weighted by Crippen LogP contribution is 2.19. The first-order chi connectivity index (χ1) is 11.6. The Morgan fingerprint density at radius 2 is 2.17 bits per heavy atom. The van der Waals surface area contributed by atoms with Gasteiger partial charge in [-0.05, 0) is 38.0 Å². The minimum atomic E-state index is -0.245. The summed E-state index contributed by atoms with van der Waals surface area (Å²) < 4.78 is 1.75. The van der Waals surface area contributed by atoms with Crippen molar-refractivity contribution in [3.63, 3.8) is 0 Å². The molecular formula is C17H16N4O2S. The maximum atomic E-state index is 12.6. The number of fused-ring (bicyclic) bond motifs is 2. The third kappa shape index (κ3) is 2.60. The Morgan fingerprint density at radius 3 is 2.96 bits per heavy atom. The Labute approximate surface area is 142 Å². The number of carbonyl (C=O) groups excluding carboxylic acids is 1. The van der Waals surface area contributed by atoms with E-state index in [1.807, 2.05) is 12.3 Å². The van der Waals surface area contributed by atoms with Crippen LogP contribution in [0.2, 0.25) is 0 Å². The maximum absolute atomic E-state index is 12.6. The van der Waals surface area contributed by atoms with E-state index in [2.05, 4.69) is 15.3 Å². The van der Waals surface area contributed by atoms with Gasteiger partial charge in [-0.1, -0.05) is 0 Å². The zero-order valence-electron chi connectivity index (χ0n) is 13.2. The summed E-state index contributed by atoms with van der Waals surface area (Å²) in [7, 11) is 0. The molecule has 0 atom stereocenters. The second-order valence-corrected chi connectivity index (χ2v) is 6.78. The largest absolute Gasteiger partial charge is 0.298 e. The topological polar surface area (TPSA) is 76.9 Å². The lowest BCUT2D eigenvalue weighted by molar-refractivity contribution is 0.102. The van der Waals surface area contributed by atoms with E-state index in [1.54, 1.807) is 22.8 Å². The van der Waals surface area contributed by atoms with Crippen molar-refractivity contribution in [1.29, 1.82) is 0 Å². The van der Waals surface area contributed by atoms with E-state index < -0.39 is 0 Å². The number of amides is 1. The van der Waals surface area contributed by atoms with Crippen LogP contribution in [0.5, 0.6) is 0 Å². The summed E-state index contributed by atoms with van der Waals surface area (Å²) in [6.45, 7) is 2.60. The number of aryl methyl sites for hydroxylation is 2. The standard InChI is InChI=1S/C17H16N4O2S/c1-10-9-24-17(18-10)20-15(22)11-5-6-12-13(8-11)19-14-4-2-3-7-21(14)16(12)23/h5-6,8-9H,2-4,7H2,1H3,(H,18,20,22). The van der Waals surface area contributed by atoms with Crippen molar-refractivity contribution in [2.24, 2.45) is 0 Å². The van der Waals surface area contributed by atoms with Crippen LogP contribution in [0, 0.1) is 6.92 Å². The van der Waals surface area contributed by atoms with Crippen LogP contribution in [-0.4, -0.2) is 20.4 Å². The first-order valence-corrected chi connectivity index (χ1v) is 8.77. The summed E-state index contributed by atoms with van der Waals surface area (Å²) in [4.78, 5) is 33.8. The molecule has 3 heterocycles. The lowest BCUT2D eigenvalue weighted by Gasteiger charge is -2.17. The SMILES string of the molecule is Cc1csc(NC(=O)c2ccc3c(=O)n4c(nc3c2)CCCC4)n1. The number of carbonyl (C=O) groups is 1.